The Labute approximate surface area is 100 Å². The fourth-order valence-corrected chi connectivity index (χ4v) is 1.54. The molecule has 17 heavy (non-hydrogen) atoms. The molecule has 4 heteroatoms. The third kappa shape index (κ3) is 3.17. The lowest BCUT2D eigenvalue weighted by molar-refractivity contribution is 0.0954. The van der Waals surface area contributed by atoms with Gasteiger partial charge in [-0.25, -0.2) is 4.98 Å². The highest BCUT2D eigenvalue weighted by Crippen LogP contribution is 2.02. The highest BCUT2D eigenvalue weighted by Gasteiger charge is 2.04. The molecular weight excluding hydrogens is 214 g/mol. The van der Waals surface area contributed by atoms with Crippen LogP contribution in [0.5, 0.6) is 0 Å². The van der Waals surface area contributed by atoms with Crippen molar-refractivity contribution in [3.05, 3.63) is 53.6 Å². The molecule has 1 aromatic carbocycles. The van der Waals surface area contributed by atoms with Gasteiger partial charge in [0.05, 0.1) is 0 Å². The summed E-state index contributed by atoms with van der Waals surface area (Å²) in [6.45, 7) is 2.58. The number of imidazole rings is 1. The van der Waals surface area contributed by atoms with Gasteiger partial charge in [-0.15, -0.1) is 0 Å². The Morgan fingerprint density at radius 1 is 1.35 bits per heavy atom. The summed E-state index contributed by atoms with van der Waals surface area (Å²) in [5.74, 6) is 0.839. The molecule has 4 nitrogen and oxygen atoms in total. The van der Waals surface area contributed by atoms with Crippen LogP contribution in [0.3, 0.4) is 0 Å². The zero-order chi connectivity index (χ0) is 12.1. The Morgan fingerprint density at radius 3 is 2.76 bits per heavy atom. The molecule has 0 fully saturated rings. The smallest absolute Gasteiger partial charge is 0.251 e. The summed E-state index contributed by atoms with van der Waals surface area (Å²) >= 11 is 0. The maximum atomic E-state index is 11.7. The summed E-state index contributed by atoms with van der Waals surface area (Å²) in [6.07, 6.45) is 4.19. The quantitative estimate of drug-likeness (QED) is 0.838. The van der Waals surface area contributed by atoms with E-state index in [1.807, 2.05) is 31.2 Å². The minimum atomic E-state index is -0.0449. The number of hydrogen-bond donors (Lipinski definition) is 2. The van der Waals surface area contributed by atoms with Crippen LogP contribution < -0.4 is 5.32 Å². The van der Waals surface area contributed by atoms with Crippen LogP contribution in [0.2, 0.25) is 0 Å². The maximum absolute atomic E-state index is 11.7. The van der Waals surface area contributed by atoms with Crippen LogP contribution in [0.4, 0.5) is 0 Å². The number of carbonyl (C=O) groups is 1. The van der Waals surface area contributed by atoms with Crippen molar-refractivity contribution in [2.24, 2.45) is 0 Å². The molecule has 0 aliphatic heterocycles. The molecule has 0 spiro atoms. The van der Waals surface area contributed by atoms with Gasteiger partial charge in [0.25, 0.3) is 5.91 Å². The van der Waals surface area contributed by atoms with Crippen molar-refractivity contribution in [1.82, 2.24) is 15.3 Å². The molecule has 0 saturated carbocycles. The van der Waals surface area contributed by atoms with E-state index >= 15 is 0 Å². The van der Waals surface area contributed by atoms with Gasteiger partial charge in [-0.1, -0.05) is 17.7 Å². The van der Waals surface area contributed by atoms with Crippen LogP contribution in [0.25, 0.3) is 0 Å². The van der Waals surface area contributed by atoms with Gasteiger partial charge in [-0.05, 0) is 19.1 Å². The molecular formula is C13H15N3O. The van der Waals surface area contributed by atoms with Crippen molar-refractivity contribution in [2.75, 3.05) is 6.54 Å². The molecule has 2 N–H and O–H groups in total. The van der Waals surface area contributed by atoms with E-state index in [9.17, 15) is 4.79 Å². The molecule has 0 aliphatic rings. The molecule has 88 valence electrons. The van der Waals surface area contributed by atoms with E-state index in [0.29, 0.717) is 18.5 Å². The van der Waals surface area contributed by atoms with E-state index in [0.717, 1.165) is 11.4 Å². The monoisotopic (exact) mass is 229 g/mol. The van der Waals surface area contributed by atoms with Gasteiger partial charge in [0.15, 0.2) is 0 Å². The molecule has 0 radical (unpaired) electrons. The summed E-state index contributed by atoms with van der Waals surface area (Å²) in [7, 11) is 0. The lowest BCUT2D eigenvalue weighted by Gasteiger charge is -2.04. The minimum Gasteiger partial charge on any atom is -0.352 e. The number of aryl methyl sites for hydroxylation is 1. The van der Waals surface area contributed by atoms with E-state index < -0.39 is 0 Å². The average molecular weight is 229 g/mol. The van der Waals surface area contributed by atoms with Gasteiger partial charge < -0.3 is 10.3 Å². The molecule has 0 unspecified atom stereocenters. The van der Waals surface area contributed by atoms with E-state index in [1.54, 1.807) is 12.4 Å². The number of rotatable bonds is 4. The van der Waals surface area contributed by atoms with Crippen molar-refractivity contribution < 1.29 is 4.79 Å². The summed E-state index contributed by atoms with van der Waals surface area (Å²) in [5.41, 5.74) is 1.84. The predicted molar refractivity (Wildman–Crippen MR) is 65.8 cm³/mol. The largest absolute Gasteiger partial charge is 0.352 e. The molecule has 1 amide bonds. The molecule has 2 rings (SSSR count). The summed E-state index contributed by atoms with van der Waals surface area (Å²) in [5, 5.41) is 2.86. The topological polar surface area (TPSA) is 57.8 Å². The molecule has 0 atom stereocenters. The van der Waals surface area contributed by atoms with Crippen LogP contribution in [-0.2, 0) is 6.42 Å². The van der Waals surface area contributed by atoms with Crippen LogP contribution in [0, 0.1) is 6.92 Å². The van der Waals surface area contributed by atoms with Crippen LogP contribution in [0.1, 0.15) is 21.7 Å². The average Bonchev–Trinajstić information content (AvgIpc) is 2.83. The van der Waals surface area contributed by atoms with Crippen molar-refractivity contribution >= 4 is 5.91 Å². The predicted octanol–water partition coefficient (Wildman–Crippen LogP) is 1.69. The first kappa shape index (κ1) is 11.4. The number of carbonyl (C=O) groups excluding carboxylic acids is 1. The Morgan fingerprint density at radius 2 is 2.12 bits per heavy atom. The zero-order valence-electron chi connectivity index (χ0n) is 9.73. The van der Waals surface area contributed by atoms with E-state index in [1.165, 1.54) is 0 Å². The maximum Gasteiger partial charge on any atom is 0.251 e. The number of aromatic amines is 1. The van der Waals surface area contributed by atoms with Crippen molar-refractivity contribution in [2.45, 2.75) is 13.3 Å². The van der Waals surface area contributed by atoms with Crippen LogP contribution in [0.15, 0.2) is 36.7 Å². The molecule has 0 saturated heterocycles. The van der Waals surface area contributed by atoms with Gasteiger partial charge in [-0.2, -0.15) is 0 Å². The lowest BCUT2D eigenvalue weighted by atomic mass is 10.1. The van der Waals surface area contributed by atoms with Gasteiger partial charge in [-0.3, -0.25) is 4.79 Å². The van der Waals surface area contributed by atoms with Crippen LogP contribution >= 0.6 is 0 Å². The van der Waals surface area contributed by atoms with Gasteiger partial charge in [0.1, 0.15) is 5.82 Å². The Bertz CT molecular complexity index is 474. The first-order valence-electron chi connectivity index (χ1n) is 5.59. The molecule has 0 aliphatic carbocycles. The lowest BCUT2D eigenvalue weighted by Crippen LogP contribution is -2.25. The number of H-pyrrole nitrogens is 1. The summed E-state index contributed by atoms with van der Waals surface area (Å²) in [6, 6.07) is 7.53. The second-order valence-electron chi connectivity index (χ2n) is 3.91. The molecule has 2 aromatic rings. The van der Waals surface area contributed by atoms with E-state index in [4.69, 9.17) is 0 Å². The number of nitrogens with one attached hydrogen (secondary N) is 2. The third-order valence-corrected chi connectivity index (χ3v) is 2.52. The fourth-order valence-electron chi connectivity index (χ4n) is 1.54. The van der Waals surface area contributed by atoms with Crippen molar-refractivity contribution in [3.63, 3.8) is 0 Å². The van der Waals surface area contributed by atoms with Gasteiger partial charge in [0.2, 0.25) is 0 Å². The van der Waals surface area contributed by atoms with Gasteiger partial charge >= 0.3 is 0 Å². The number of aromatic nitrogens is 2. The first-order chi connectivity index (χ1) is 8.25. The zero-order valence-corrected chi connectivity index (χ0v) is 9.73. The number of amides is 1. The third-order valence-electron chi connectivity index (χ3n) is 2.52. The molecule has 0 bridgehead atoms. The van der Waals surface area contributed by atoms with Crippen molar-refractivity contribution in [3.8, 4) is 0 Å². The van der Waals surface area contributed by atoms with Crippen molar-refractivity contribution in [1.29, 1.82) is 0 Å². The second-order valence-corrected chi connectivity index (χ2v) is 3.91. The second kappa shape index (κ2) is 5.30. The Balaban J connectivity index is 1.83. The van der Waals surface area contributed by atoms with E-state index in [2.05, 4.69) is 15.3 Å². The normalized spacial score (nSPS) is 10.2. The number of benzene rings is 1. The fraction of sp³-hybridized carbons (Fsp3) is 0.231. The summed E-state index contributed by atoms with van der Waals surface area (Å²) < 4.78 is 0. The number of nitrogens with zero attached hydrogens (tertiary/aromatic N) is 1. The highest BCUT2D eigenvalue weighted by atomic mass is 16.1. The minimum absolute atomic E-state index is 0.0449. The highest BCUT2D eigenvalue weighted by molar-refractivity contribution is 5.94. The number of hydrogen-bond acceptors (Lipinski definition) is 2. The van der Waals surface area contributed by atoms with Crippen LogP contribution in [-0.4, -0.2) is 22.4 Å². The Hall–Kier alpha value is -2.10. The standard InChI is InChI=1S/C13H15N3O/c1-10-2-4-11(5-3-10)13(17)16-7-6-12-14-8-9-15-12/h2-5,8-9H,6-7H2,1H3,(H,14,15)(H,16,17). The van der Waals surface area contributed by atoms with E-state index in [-0.39, 0.29) is 5.91 Å². The Kier molecular flexibility index (Phi) is 3.55. The summed E-state index contributed by atoms with van der Waals surface area (Å²) in [4.78, 5) is 18.8. The SMILES string of the molecule is Cc1ccc(C(=O)NCCc2ncc[nH]2)cc1. The van der Waals surface area contributed by atoms with Gasteiger partial charge in [0, 0.05) is 30.9 Å². The molecule has 1 aromatic heterocycles. The first-order valence-corrected chi connectivity index (χ1v) is 5.59. The molecule has 1 heterocycles.